The molecule has 13 heavy (non-hydrogen) atoms. The number of nitrogens with one attached hydrogen (secondary N) is 2. The normalized spacial score (nSPS) is 9.54. The highest BCUT2D eigenvalue weighted by Gasteiger charge is 2.06. The smallest absolute Gasteiger partial charge is 0.303 e. The van der Waals surface area contributed by atoms with E-state index in [2.05, 4.69) is 20.5 Å². The first-order valence-corrected chi connectivity index (χ1v) is 3.55. The molecule has 0 saturated heterocycles. The predicted molar refractivity (Wildman–Crippen MR) is 41.9 cm³/mol. The van der Waals surface area contributed by atoms with E-state index in [1.54, 1.807) is 0 Å². The van der Waals surface area contributed by atoms with Crippen molar-refractivity contribution in [3.63, 3.8) is 0 Å². The zero-order valence-electron chi connectivity index (χ0n) is 6.65. The molecule has 0 unspecified atom stereocenters. The summed E-state index contributed by atoms with van der Waals surface area (Å²) in [4.78, 5) is 24.7. The van der Waals surface area contributed by atoms with Crippen LogP contribution < -0.4 is 5.32 Å². The summed E-state index contributed by atoms with van der Waals surface area (Å²) >= 11 is 0. The second kappa shape index (κ2) is 4.19. The molecule has 0 saturated carbocycles. The van der Waals surface area contributed by atoms with E-state index < -0.39 is 11.9 Å². The van der Waals surface area contributed by atoms with Gasteiger partial charge in [-0.05, 0) is 0 Å². The summed E-state index contributed by atoms with van der Waals surface area (Å²) in [5, 5.41) is 16.5. The second-order valence-corrected chi connectivity index (χ2v) is 2.28. The molecule has 0 fully saturated rings. The van der Waals surface area contributed by atoms with Crippen molar-refractivity contribution in [2.75, 3.05) is 5.32 Å². The fourth-order valence-electron chi connectivity index (χ4n) is 0.681. The van der Waals surface area contributed by atoms with Crippen molar-refractivity contribution >= 4 is 17.8 Å². The molecule has 0 radical (unpaired) electrons. The Morgan fingerprint density at radius 3 is 2.85 bits per heavy atom. The van der Waals surface area contributed by atoms with Gasteiger partial charge in [-0.3, -0.25) is 14.9 Å². The molecule has 0 aliphatic heterocycles. The molecule has 0 bridgehead atoms. The number of carbonyl (C=O) groups is 2. The van der Waals surface area contributed by atoms with E-state index in [0.29, 0.717) is 0 Å². The number of aromatic amines is 1. The molecule has 1 aromatic heterocycles. The first-order chi connectivity index (χ1) is 6.18. The van der Waals surface area contributed by atoms with Crippen molar-refractivity contribution < 1.29 is 14.7 Å². The molecule has 70 valence electrons. The van der Waals surface area contributed by atoms with E-state index in [4.69, 9.17) is 5.11 Å². The Hall–Kier alpha value is -1.92. The van der Waals surface area contributed by atoms with E-state index >= 15 is 0 Å². The number of carboxylic acid groups (broad SMARTS) is 1. The summed E-state index contributed by atoms with van der Waals surface area (Å²) in [6, 6.07) is 0. The Kier molecular flexibility index (Phi) is 2.96. The third kappa shape index (κ3) is 3.32. The molecule has 1 rings (SSSR count). The molecule has 0 atom stereocenters. The molecule has 0 spiro atoms. The van der Waals surface area contributed by atoms with Crippen molar-refractivity contribution in [1.82, 2.24) is 15.2 Å². The number of carboxylic acids is 1. The van der Waals surface area contributed by atoms with Gasteiger partial charge in [0.15, 0.2) is 0 Å². The fourth-order valence-corrected chi connectivity index (χ4v) is 0.681. The number of carbonyl (C=O) groups excluding carboxylic acids is 1. The molecule has 7 heteroatoms. The monoisotopic (exact) mass is 184 g/mol. The lowest BCUT2D eigenvalue weighted by Gasteiger charge is -1.97. The van der Waals surface area contributed by atoms with Gasteiger partial charge in [0.2, 0.25) is 11.9 Å². The number of amides is 1. The Morgan fingerprint density at radius 1 is 1.54 bits per heavy atom. The van der Waals surface area contributed by atoms with Gasteiger partial charge in [0.05, 0.1) is 6.42 Å². The number of hydrogen-bond donors (Lipinski definition) is 3. The number of aromatic nitrogens is 3. The van der Waals surface area contributed by atoms with Crippen LogP contribution in [0.3, 0.4) is 0 Å². The molecule has 0 aliphatic rings. The summed E-state index contributed by atoms with van der Waals surface area (Å²) in [5.74, 6) is -1.19. The fraction of sp³-hybridized carbons (Fsp3) is 0.333. The molecule has 1 aromatic rings. The lowest BCUT2D eigenvalue weighted by atomic mass is 10.3. The lowest BCUT2D eigenvalue weighted by molar-refractivity contribution is -0.138. The first-order valence-electron chi connectivity index (χ1n) is 3.55. The van der Waals surface area contributed by atoms with Crippen LogP contribution in [-0.4, -0.2) is 32.2 Å². The van der Waals surface area contributed by atoms with Crippen LogP contribution in [-0.2, 0) is 9.59 Å². The standard InChI is InChI=1S/C6H8N4O3/c11-4(1-2-5(12)13)9-6-7-3-8-10-6/h3H,1-2H2,(H,12,13)(H2,7,8,9,10,11). The maximum absolute atomic E-state index is 11.0. The largest absolute Gasteiger partial charge is 0.481 e. The summed E-state index contributed by atoms with van der Waals surface area (Å²) in [5.41, 5.74) is 0. The van der Waals surface area contributed by atoms with Crippen molar-refractivity contribution in [1.29, 1.82) is 0 Å². The number of nitrogens with zero attached hydrogens (tertiary/aromatic N) is 2. The SMILES string of the molecule is O=C(O)CCC(=O)Nc1ncn[nH]1. The Bertz CT molecular complexity index is 295. The molecule has 7 nitrogen and oxygen atoms in total. The molecular formula is C6H8N4O3. The van der Waals surface area contributed by atoms with Gasteiger partial charge in [-0.2, -0.15) is 10.1 Å². The van der Waals surface area contributed by atoms with E-state index in [0.717, 1.165) is 0 Å². The van der Waals surface area contributed by atoms with Crippen LogP contribution in [0.4, 0.5) is 5.95 Å². The summed E-state index contributed by atoms with van der Waals surface area (Å²) in [6.07, 6.45) is 0.975. The van der Waals surface area contributed by atoms with Gasteiger partial charge in [-0.15, -0.1) is 0 Å². The topological polar surface area (TPSA) is 108 Å². The van der Waals surface area contributed by atoms with Gasteiger partial charge >= 0.3 is 5.97 Å². The Morgan fingerprint density at radius 2 is 2.31 bits per heavy atom. The highest BCUT2D eigenvalue weighted by Crippen LogP contribution is 1.96. The molecule has 3 N–H and O–H groups in total. The van der Waals surface area contributed by atoms with Gasteiger partial charge in [0.25, 0.3) is 0 Å². The average Bonchev–Trinajstić information content (AvgIpc) is 2.53. The zero-order chi connectivity index (χ0) is 9.68. The number of aliphatic carboxylic acids is 1. The minimum absolute atomic E-state index is 0.0734. The van der Waals surface area contributed by atoms with Crippen molar-refractivity contribution in [3.05, 3.63) is 6.33 Å². The number of hydrogen-bond acceptors (Lipinski definition) is 4. The van der Waals surface area contributed by atoms with E-state index in [9.17, 15) is 9.59 Å². The highest BCUT2D eigenvalue weighted by molar-refractivity contribution is 5.90. The van der Waals surface area contributed by atoms with Crippen LogP contribution in [0.1, 0.15) is 12.8 Å². The lowest BCUT2D eigenvalue weighted by Crippen LogP contribution is -2.14. The van der Waals surface area contributed by atoms with Crippen LogP contribution in [0.2, 0.25) is 0 Å². The average molecular weight is 184 g/mol. The maximum Gasteiger partial charge on any atom is 0.303 e. The molecule has 1 amide bonds. The summed E-state index contributed by atoms with van der Waals surface area (Å²) in [7, 11) is 0. The van der Waals surface area contributed by atoms with Crippen molar-refractivity contribution in [3.8, 4) is 0 Å². The maximum atomic E-state index is 11.0. The van der Waals surface area contributed by atoms with E-state index in [-0.39, 0.29) is 18.8 Å². The molecule has 0 aromatic carbocycles. The third-order valence-corrected chi connectivity index (χ3v) is 1.24. The minimum Gasteiger partial charge on any atom is -0.481 e. The predicted octanol–water partition coefficient (Wildman–Crippen LogP) is -0.392. The molecule has 0 aliphatic carbocycles. The molecule has 1 heterocycles. The molecular weight excluding hydrogens is 176 g/mol. The van der Waals surface area contributed by atoms with Gasteiger partial charge < -0.3 is 5.11 Å². The van der Waals surface area contributed by atoms with E-state index in [1.165, 1.54) is 6.33 Å². The van der Waals surface area contributed by atoms with Crippen LogP contribution in [0.5, 0.6) is 0 Å². The number of rotatable bonds is 4. The van der Waals surface area contributed by atoms with Gasteiger partial charge in [0, 0.05) is 6.42 Å². The Labute approximate surface area is 73.2 Å². The second-order valence-electron chi connectivity index (χ2n) is 2.28. The van der Waals surface area contributed by atoms with Crippen LogP contribution in [0.25, 0.3) is 0 Å². The van der Waals surface area contributed by atoms with Gasteiger partial charge in [-0.25, -0.2) is 5.10 Å². The van der Waals surface area contributed by atoms with Crippen molar-refractivity contribution in [2.45, 2.75) is 12.8 Å². The summed E-state index contributed by atoms with van der Waals surface area (Å²) < 4.78 is 0. The van der Waals surface area contributed by atoms with Crippen LogP contribution in [0.15, 0.2) is 6.33 Å². The third-order valence-electron chi connectivity index (χ3n) is 1.24. The highest BCUT2D eigenvalue weighted by atomic mass is 16.4. The summed E-state index contributed by atoms with van der Waals surface area (Å²) in [6.45, 7) is 0. The number of anilines is 1. The van der Waals surface area contributed by atoms with Gasteiger partial charge in [-0.1, -0.05) is 0 Å². The quantitative estimate of drug-likeness (QED) is 0.590. The van der Waals surface area contributed by atoms with Crippen LogP contribution >= 0.6 is 0 Å². The van der Waals surface area contributed by atoms with E-state index in [1.807, 2.05) is 0 Å². The Balaban J connectivity index is 2.30. The first kappa shape index (κ1) is 9.17. The van der Waals surface area contributed by atoms with Crippen LogP contribution in [0, 0.1) is 0 Å². The van der Waals surface area contributed by atoms with Crippen molar-refractivity contribution in [2.24, 2.45) is 0 Å². The zero-order valence-corrected chi connectivity index (χ0v) is 6.65. The number of H-pyrrole nitrogens is 1. The minimum atomic E-state index is -1.01. The van der Waals surface area contributed by atoms with Gasteiger partial charge in [0.1, 0.15) is 6.33 Å².